The minimum Gasteiger partial charge on any atom is -0.508 e. The number of hydrogen-bond acceptors (Lipinski definition) is 3. The first-order valence-corrected chi connectivity index (χ1v) is 7.46. The molecule has 1 fully saturated rings. The lowest BCUT2D eigenvalue weighted by Gasteiger charge is -2.33. The van der Waals surface area contributed by atoms with E-state index in [2.05, 4.69) is 0 Å². The molecule has 0 aromatic heterocycles. The summed E-state index contributed by atoms with van der Waals surface area (Å²) in [4.78, 5) is 14.3. The molecule has 4 nitrogen and oxygen atoms in total. The molecule has 0 radical (unpaired) electrons. The molecule has 1 atom stereocenters. The van der Waals surface area contributed by atoms with Crippen molar-refractivity contribution < 1.29 is 14.6 Å². The number of halogens is 1. The second-order valence-electron chi connectivity index (χ2n) is 5.21. The first-order chi connectivity index (χ1) is 10.6. The van der Waals surface area contributed by atoms with Gasteiger partial charge in [0.25, 0.3) is 5.91 Å². The van der Waals surface area contributed by atoms with E-state index in [0.717, 1.165) is 5.56 Å². The van der Waals surface area contributed by atoms with Crippen LogP contribution >= 0.6 is 11.6 Å². The van der Waals surface area contributed by atoms with Gasteiger partial charge in [-0.2, -0.15) is 0 Å². The van der Waals surface area contributed by atoms with Crippen molar-refractivity contribution in [1.29, 1.82) is 0 Å². The lowest BCUT2D eigenvalue weighted by Crippen LogP contribution is -2.42. The molecule has 1 heterocycles. The summed E-state index contributed by atoms with van der Waals surface area (Å²) < 4.78 is 5.76. The Kier molecular flexibility index (Phi) is 4.32. The second kappa shape index (κ2) is 6.38. The van der Waals surface area contributed by atoms with E-state index in [1.165, 1.54) is 6.07 Å². The molecule has 1 unspecified atom stereocenters. The summed E-state index contributed by atoms with van der Waals surface area (Å²) >= 11 is 5.90. The Morgan fingerprint density at radius 2 is 2.00 bits per heavy atom. The highest BCUT2D eigenvalue weighted by atomic mass is 35.5. The topological polar surface area (TPSA) is 49.8 Å². The van der Waals surface area contributed by atoms with Crippen molar-refractivity contribution in [3.8, 4) is 5.75 Å². The third kappa shape index (κ3) is 3.24. The smallest absolute Gasteiger partial charge is 0.254 e. The number of nitrogens with zero attached hydrogens (tertiary/aromatic N) is 1. The Labute approximate surface area is 133 Å². The Balaban J connectivity index is 1.75. The van der Waals surface area contributed by atoms with E-state index < -0.39 is 0 Å². The predicted octanol–water partition coefficient (Wildman–Crippen LogP) is 3.26. The average Bonchev–Trinajstić information content (AvgIpc) is 2.55. The van der Waals surface area contributed by atoms with Gasteiger partial charge in [0.2, 0.25) is 0 Å². The van der Waals surface area contributed by atoms with Crippen molar-refractivity contribution in [1.82, 2.24) is 4.90 Å². The summed E-state index contributed by atoms with van der Waals surface area (Å²) in [6, 6.07) is 13.9. The van der Waals surface area contributed by atoms with Gasteiger partial charge in [-0.15, -0.1) is 0 Å². The van der Waals surface area contributed by atoms with Crippen molar-refractivity contribution in [3.05, 3.63) is 64.7 Å². The van der Waals surface area contributed by atoms with Gasteiger partial charge in [0.15, 0.2) is 0 Å². The molecule has 1 saturated heterocycles. The van der Waals surface area contributed by atoms with E-state index in [4.69, 9.17) is 16.3 Å². The second-order valence-corrected chi connectivity index (χ2v) is 5.65. The van der Waals surface area contributed by atoms with E-state index in [1.807, 2.05) is 24.3 Å². The Bertz CT molecular complexity index is 672. The number of phenols is 1. The van der Waals surface area contributed by atoms with Crippen LogP contribution in [0.25, 0.3) is 0 Å². The summed E-state index contributed by atoms with van der Waals surface area (Å²) in [5.41, 5.74) is 1.48. The van der Waals surface area contributed by atoms with Gasteiger partial charge in [-0.25, -0.2) is 0 Å². The van der Waals surface area contributed by atoms with Crippen LogP contribution in [-0.4, -0.2) is 35.6 Å². The molecule has 114 valence electrons. The number of carbonyl (C=O) groups excluding carboxylic acids is 1. The summed E-state index contributed by atoms with van der Waals surface area (Å²) in [6.07, 6.45) is -0.160. The summed E-state index contributed by atoms with van der Waals surface area (Å²) in [5, 5.41) is 10.2. The minimum absolute atomic E-state index is 0.0911. The zero-order valence-electron chi connectivity index (χ0n) is 11.9. The highest BCUT2D eigenvalue weighted by Crippen LogP contribution is 2.25. The van der Waals surface area contributed by atoms with Crippen molar-refractivity contribution in [2.75, 3.05) is 19.7 Å². The van der Waals surface area contributed by atoms with E-state index in [9.17, 15) is 9.90 Å². The molecular weight excluding hydrogens is 302 g/mol. The first kappa shape index (κ1) is 14.9. The summed E-state index contributed by atoms with van der Waals surface area (Å²) in [7, 11) is 0. The van der Waals surface area contributed by atoms with Gasteiger partial charge < -0.3 is 14.7 Å². The van der Waals surface area contributed by atoms with Crippen LogP contribution in [0.3, 0.4) is 0 Å². The van der Waals surface area contributed by atoms with Crippen LogP contribution in [0, 0.1) is 0 Å². The van der Waals surface area contributed by atoms with Gasteiger partial charge >= 0.3 is 0 Å². The van der Waals surface area contributed by atoms with E-state index in [0.29, 0.717) is 30.3 Å². The fourth-order valence-electron chi connectivity index (χ4n) is 2.53. The number of rotatable bonds is 2. The zero-order valence-corrected chi connectivity index (χ0v) is 12.7. The number of aromatic hydroxyl groups is 1. The van der Waals surface area contributed by atoms with Crippen LogP contribution in [0.4, 0.5) is 0 Å². The normalized spacial score (nSPS) is 18.2. The van der Waals surface area contributed by atoms with Crippen LogP contribution in [-0.2, 0) is 4.74 Å². The van der Waals surface area contributed by atoms with Crippen molar-refractivity contribution >= 4 is 17.5 Å². The van der Waals surface area contributed by atoms with Crippen molar-refractivity contribution in [2.45, 2.75) is 6.10 Å². The van der Waals surface area contributed by atoms with E-state index >= 15 is 0 Å². The standard InChI is InChI=1S/C17H16ClNO3/c18-14-6-4-12(5-7-14)16-11-19(8-9-22-16)17(21)13-2-1-3-15(20)10-13/h1-7,10,16,20H,8-9,11H2. The van der Waals surface area contributed by atoms with Gasteiger partial charge in [0.1, 0.15) is 11.9 Å². The molecule has 3 rings (SSSR count). The van der Waals surface area contributed by atoms with Crippen molar-refractivity contribution in [3.63, 3.8) is 0 Å². The zero-order chi connectivity index (χ0) is 15.5. The maximum Gasteiger partial charge on any atom is 0.254 e. The monoisotopic (exact) mass is 317 g/mol. The third-order valence-corrected chi connectivity index (χ3v) is 3.94. The van der Waals surface area contributed by atoms with E-state index in [1.54, 1.807) is 23.1 Å². The lowest BCUT2D eigenvalue weighted by molar-refractivity contribution is -0.0228. The van der Waals surface area contributed by atoms with Crippen LogP contribution in [0.2, 0.25) is 5.02 Å². The summed E-state index contributed by atoms with van der Waals surface area (Å²) in [5.74, 6) is -0.00785. The maximum atomic E-state index is 12.5. The van der Waals surface area contributed by atoms with Crippen LogP contribution in [0.5, 0.6) is 5.75 Å². The molecule has 0 bridgehead atoms. The number of ether oxygens (including phenoxy) is 1. The first-order valence-electron chi connectivity index (χ1n) is 7.09. The average molecular weight is 318 g/mol. The lowest BCUT2D eigenvalue weighted by atomic mass is 10.1. The quantitative estimate of drug-likeness (QED) is 0.925. The molecule has 0 spiro atoms. The predicted molar refractivity (Wildman–Crippen MR) is 84.2 cm³/mol. The highest BCUT2D eigenvalue weighted by molar-refractivity contribution is 6.30. The van der Waals surface area contributed by atoms with Gasteiger partial charge in [-0.3, -0.25) is 4.79 Å². The third-order valence-electron chi connectivity index (χ3n) is 3.69. The fraction of sp³-hybridized carbons (Fsp3) is 0.235. The number of benzene rings is 2. The molecule has 5 heteroatoms. The molecule has 1 aliphatic rings. The van der Waals surface area contributed by atoms with Crippen LogP contribution in [0.15, 0.2) is 48.5 Å². The molecule has 1 amide bonds. The highest BCUT2D eigenvalue weighted by Gasteiger charge is 2.26. The van der Waals surface area contributed by atoms with Gasteiger partial charge in [-0.1, -0.05) is 29.8 Å². The van der Waals surface area contributed by atoms with Gasteiger partial charge in [0, 0.05) is 17.1 Å². The molecule has 0 aliphatic carbocycles. The molecule has 0 saturated carbocycles. The number of morpholine rings is 1. The largest absolute Gasteiger partial charge is 0.508 e. The molecule has 2 aromatic carbocycles. The van der Waals surface area contributed by atoms with E-state index in [-0.39, 0.29) is 17.8 Å². The Morgan fingerprint density at radius 3 is 2.73 bits per heavy atom. The molecule has 1 N–H and O–H groups in total. The maximum absolute atomic E-state index is 12.5. The van der Waals surface area contributed by atoms with Gasteiger partial charge in [-0.05, 0) is 35.9 Å². The molecule has 22 heavy (non-hydrogen) atoms. The van der Waals surface area contributed by atoms with Gasteiger partial charge in [0.05, 0.1) is 13.2 Å². The minimum atomic E-state index is -0.160. The molecule has 1 aliphatic heterocycles. The van der Waals surface area contributed by atoms with Crippen LogP contribution in [0.1, 0.15) is 22.0 Å². The summed E-state index contributed by atoms with van der Waals surface area (Å²) in [6.45, 7) is 1.51. The number of amides is 1. The Hall–Kier alpha value is -2.04. The SMILES string of the molecule is O=C(c1cccc(O)c1)N1CCOC(c2ccc(Cl)cc2)C1. The molecular formula is C17H16ClNO3. The van der Waals surface area contributed by atoms with Crippen molar-refractivity contribution in [2.24, 2.45) is 0 Å². The molecule has 2 aromatic rings. The fourth-order valence-corrected chi connectivity index (χ4v) is 2.66. The number of phenolic OH excluding ortho intramolecular Hbond substituents is 1. The van der Waals surface area contributed by atoms with Crippen LogP contribution < -0.4 is 0 Å². The number of carbonyl (C=O) groups is 1. The Morgan fingerprint density at radius 1 is 1.23 bits per heavy atom. The number of hydrogen-bond donors (Lipinski definition) is 1.